The molecule has 2 aromatic carbocycles. The van der Waals surface area contributed by atoms with Crippen LogP contribution in [0.4, 0.5) is 0 Å². The molecule has 0 spiro atoms. The Morgan fingerprint density at radius 1 is 1.21 bits per heavy atom. The van der Waals surface area contributed by atoms with E-state index in [1.165, 1.54) is 0 Å². The summed E-state index contributed by atoms with van der Waals surface area (Å²) in [4.78, 5) is 35.3. The van der Waals surface area contributed by atoms with Crippen LogP contribution in [0.1, 0.15) is 35.7 Å². The van der Waals surface area contributed by atoms with Gasteiger partial charge < -0.3 is 15.4 Å². The van der Waals surface area contributed by atoms with E-state index in [4.69, 9.17) is 4.74 Å². The van der Waals surface area contributed by atoms with Gasteiger partial charge in [-0.15, -0.1) is 0 Å². The standard InChI is InChI=1S/C22H22N2O4/c1-13(25)17-4-2-3-5-18(17)14-6-8-20-15(10-14)11-16(28-20)12-23-22(27)19-7-9-21(26)24-19/h2-6,8,10,16,19H,7,9,11-12H2,1H3,(H,23,27)(H,24,26). The summed E-state index contributed by atoms with van der Waals surface area (Å²) >= 11 is 0. The summed E-state index contributed by atoms with van der Waals surface area (Å²) in [6.45, 7) is 1.96. The van der Waals surface area contributed by atoms with Crippen LogP contribution in [0.2, 0.25) is 0 Å². The van der Waals surface area contributed by atoms with Gasteiger partial charge in [0.25, 0.3) is 0 Å². The van der Waals surface area contributed by atoms with Gasteiger partial charge in [0.1, 0.15) is 17.9 Å². The first-order valence-electron chi connectivity index (χ1n) is 9.48. The van der Waals surface area contributed by atoms with Crippen LogP contribution in [0, 0.1) is 0 Å². The van der Waals surface area contributed by atoms with Gasteiger partial charge >= 0.3 is 0 Å². The zero-order valence-electron chi connectivity index (χ0n) is 15.7. The second-order valence-corrected chi connectivity index (χ2v) is 7.27. The summed E-state index contributed by atoms with van der Waals surface area (Å²) in [5.74, 6) is 0.592. The zero-order valence-corrected chi connectivity index (χ0v) is 15.7. The molecule has 2 atom stereocenters. The lowest BCUT2D eigenvalue weighted by molar-refractivity contribution is -0.126. The maximum atomic E-state index is 12.1. The van der Waals surface area contributed by atoms with Gasteiger partial charge in [-0.3, -0.25) is 14.4 Å². The molecule has 6 nitrogen and oxygen atoms in total. The number of ether oxygens (including phenoxy) is 1. The minimum absolute atomic E-state index is 0.0342. The molecule has 0 radical (unpaired) electrons. The third-order valence-electron chi connectivity index (χ3n) is 5.23. The first-order valence-corrected chi connectivity index (χ1v) is 9.48. The molecule has 1 fully saturated rings. The minimum atomic E-state index is -0.439. The number of Topliss-reactive ketones (excluding diaryl/α,β-unsaturated/α-hetero) is 1. The zero-order chi connectivity index (χ0) is 19.7. The molecule has 0 aliphatic carbocycles. The molecule has 2 heterocycles. The number of ketones is 1. The Labute approximate surface area is 163 Å². The van der Waals surface area contributed by atoms with E-state index in [2.05, 4.69) is 16.7 Å². The summed E-state index contributed by atoms with van der Waals surface area (Å²) in [6.07, 6.45) is 1.47. The number of nitrogens with one attached hydrogen (secondary N) is 2. The number of carbonyl (C=O) groups is 3. The van der Waals surface area contributed by atoms with Crippen molar-refractivity contribution in [2.45, 2.75) is 38.3 Å². The Bertz CT molecular complexity index is 953. The van der Waals surface area contributed by atoms with Crippen molar-refractivity contribution in [2.75, 3.05) is 6.54 Å². The van der Waals surface area contributed by atoms with Gasteiger partial charge in [-0.2, -0.15) is 0 Å². The highest BCUT2D eigenvalue weighted by molar-refractivity contribution is 6.00. The SMILES string of the molecule is CC(=O)c1ccccc1-c1ccc2c(c1)CC(CNC(=O)C1CCC(=O)N1)O2. The van der Waals surface area contributed by atoms with Crippen LogP contribution in [0.5, 0.6) is 5.75 Å². The van der Waals surface area contributed by atoms with Crippen LogP contribution < -0.4 is 15.4 Å². The summed E-state index contributed by atoms with van der Waals surface area (Å²) < 4.78 is 5.94. The van der Waals surface area contributed by atoms with E-state index in [0.29, 0.717) is 31.4 Å². The molecular weight excluding hydrogens is 356 g/mol. The van der Waals surface area contributed by atoms with Gasteiger partial charge in [0, 0.05) is 18.4 Å². The van der Waals surface area contributed by atoms with Crippen molar-refractivity contribution in [3.63, 3.8) is 0 Å². The fraction of sp³-hybridized carbons (Fsp3) is 0.318. The van der Waals surface area contributed by atoms with Crippen molar-refractivity contribution in [1.29, 1.82) is 0 Å². The predicted molar refractivity (Wildman–Crippen MR) is 104 cm³/mol. The van der Waals surface area contributed by atoms with Crippen LogP contribution in [0.15, 0.2) is 42.5 Å². The van der Waals surface area contributed by atoms with Gasteiger partial charge in [0.15, 0.2) is 5.78 Å². The Morgan fingerprint density at radius 3 is 2.79 bits per heavy atom. The van der Waals surface area contributed by atoms with Crippen molar-refractivity contribution in [3.8, 4) is 16.9 Å². The quantitative estimate of drug-likeness (QED) is 0.782. The lowest BCUT2D eigenvalue weighted by atomic mass is 9.95. The van der Waals surface area contributed by atoms with Crippen molar-refractivity contribution >= 4 is 17.6 Å². The lowest BCUT2D eigenvalue weighted by Crippen LogP contribution is -2.44. The number of carbonyl (C=O) groups excluding carboxylic acids is 3. The third kappa shape index (κ3) is 3.63. The molecule has 6 heteroatoms. The number of amides is 2. The van der Waals surface area contributed by atoms with Gasteiger partial charge in [-0.05, 0) is 42.2 Å². The molecule has 0 aromatic heterocycles. The maximum absolute atomic E-state index is 12.1. The molecule has 2 unspecified atom stereocenters. The average molecular weight is 378 g/mol. The average Bonchev–Trinajstić information content (AvgIpc) is 3.31. The van der Waals surface area contributed by atoms with Crippen molar-refractivity contribution in [3.05, 3.63) is 53.6 Å². The first kappa shape index (κ1) is 18.2. The van der Waals surface area contributed by atoms with E-state index >= 15 is 0 Å². The Hall–Kier alpha value is -3.15. The molecule has 2 amide bonds. The molecule has 144 valence electrons. The van der Waals surface area contributed by atoms with Crippen LogP contribution in [-0.4, -0.2) is 36.3 Å². The van der Waals surface area contributed by atoms with E-state index in [1.807, 2.05) is 36.4 Å². The molecule has 0 saturated carbocycles. The highest BCUT2D eigenvalue weighted by atomic mass is 16.5. The lowest BCUT2D eigenvalue weighted by Gasteiger charge is -2.14. The number of benzene rings is 2. The van der Waals surface area contributed by atoms with Gasteiger partial charge in [-0.25, -0.2) is 0 Å². The summed E-state index contributed by atoms with van der Waals surface area (Å²) in [7, 11) is 0. The number of hydrogen-bond donors (Lipinski definition) is 2. The van der Waals surface area contributed by atoms with Gasteiger partial charge in [0.2, 0.25) is 11.8 Å². The number of fused-ring (bicyclic) bond motifs is 1. The van der Waals surface area contributed by atoms with Gasteiger partial charge in [0.05, 0.1) is 6.54 Å². The van der Waals surface area contributed by atoms with Crippen LogP contribution in [0.25, 0.3) is 11.1 Å². The highest BCUT2D eigenvalue weighted by Crippen LogP contribution is 2.34. The molecule has 2 aliphatic heterocycles. The van der Waals surface area contributed by atoms with Crippen LogP contribution in [0.3, 0.4) is 0 Å². The van der Waals surface area contributed by atoms with E-state index in [0.717, 1.165) is 22.4 Å². The summed E-state index contributed by atoms with van der Waals surface area (Å²) in [6, 6.07) is 13.1. The maximum Gasteiger partial charge on any atom is 0.242 e. The van der Waals surface area contributed by atoms with Crippen LogP contribution in [-0.2, 0) is 16.0 Å². The first-order chi connectivity index (χ1) is 13.5. The summed E-state index contributed by atoms with van der Waals surface area (Å²) in [5.41, 5.74) is 3.64. The third-order valence-corrected chi connectivity index (χ3v) is 5.23. The van der Waals surface area contributed by atoms with E-state index in [1.54, 1.807) is 6.92 Å². The number of rotatable bonds is 5. The minimum Gasteiger partial charge on any atom is -0.488 e. The van der Waals surface area contributed by atoms with E-state index in [-0.39, 0.29) is 23.7 Å². The molecule has 0 bridgehead atoms. The molecular formula is C22H22N2O4. The molecule has 1 saturated heterocycles. The monoisotopic (exact) mass is 378 g/mol. The Kier molecular flexibility index (Phi) is 4.86. The number of hydrogen-bond acceptors (Lipinski definition) is 4. The van der Waals surface area contributed by atoms with Gasteiger partial charge in [-0.1, -0.05) is 30.3 Å². The normalized spacial score (nSPS) is 20.2. The Balaban J connectivity index is 1.43. The Morgan fingerprint density at radius 2 is 2.04 bits per heavy atom. The van der Waals surface area contributed by atoms with E-state index in [9.17, 15) is 14.4 Å². The second kappa shape index (κ2) is 7.46. The van der Waals surface area contributed by atoms with Crippen LogP contribution >= 0.6 is 0 Å². The van der Waals surface area contributed by atoms with E-state index < -0.39 is 6.04 Å². The smallest absolute Gasteiger partial charge is 0.242 e. The largest absolute Gasteiger partial charge is 0.488 e. The molecule has 28 heavy (non-hydrogen) atoms. The fourth-order valence-electron chi connectivity index (χ4n) is 3.79. The summed E-state index contributed by atoms with van der Waals surface area (Å²) in [5, 5.41) is 5.54. The van der Waals surface area contributed by atoms with Crippen molar-refractivity contribution < 1.29 is 19.1 Å². The highest BCUT2D eigenvalue weighted by Gasteiger charge is 2.29. The molecule has 2 aliphatic rings. The molecule has 4 rings (SSSR count). The fourth-order valence-corrected chi connectivity index (χ4v) is 3.79. The van der Waals surface area contributed by atoms with Crippen molar-refractivity contribution in [1.82, 2.24) is 10.6 Å². The second-order valence-electron chi connectivity index (χ2n) is 7.27. The predicted octanol–water partition coefficient (Wildman–Crippen LogP) is 2.25. The molecule has 2 aromatic rings. The molecule has 2 N–H and O–H groups in total. The topological polar surface area (TPSA) is 84.5 Å². The van der Waals surface area contributed by atoms with Crippen molar-refractivity contribution in [2.24, 2.45) is 0 Å².